The van der Waals surface area contributed by atoms with E-state index in [-0.39, 0.29) is 18.9 Å². The largest absolute Gasteiger partial charge is 0.395 e. The van der Waals surface area contributed by atoms with E-state index in [1.165, 1.54) is 0 Å². The fourth-order valence-electron chi connectivity index (χ4n) is 1.52. The monoisotopic (exact) mass is 221 g/mol. The van der Waals surface area contributed by atoms with Crippen molar-refractivity contribution >= 4 is 6.21 Å². The van der Waals surface area contributed by atoms with Gasteiger partial charge < -0.3 is 15.4 Å². The van der Waals surface area contributed by atoms with Gasteiger partial charge in [0.25, 0.3) is 0 Å². The van der Waals surface area contributed by atoms with Gasteiger partial charge in [-0.25, -0.2) is 4.98 Å². The van der Waals surface area contributed by atoms with E-state index in [1.54, 1.807) is 18.7 Å². The number of allylic oxidation sites excluding steroid dienone is 1. The Bertz CT molecular complexity index is 359. The van der Waals surface area contributed by atoms with Crippen LogP contribution in [0.3, 0.4) is 0 Å². The summed E-state index contributed by atoms with van der Waals surface area (Å²) in [6, 6.07) is -0.0541. The van der Waals surface area contributed by atoms with Crippen molar-refractivity contribution in [2.24, 2.45) is 4.99 Å². The molecule has 0 amide bonds. The SMILES string of the molecule is OC[C@H](Cc1cnc[nH]1)NC1N=CC=CN1. The molecular weight excluding hydrogens is 206 g/mol. The van der Waals surface area contributed by atoms with Gasteiger partial charge in [0.1, 0.15) is 0 Å². The van der Waals surface area contributed by atoms with Crippen molar-refractivity contribution < 1.29 is 5.11 Å². The predicted molar refractivity (Wildman–Crippen MR) is 60.9 cm³/mol. The fraction of sp³-hybridized carbons (Fsp3) is 0.400. The molecule has 2 atom stereocenters. The Morgan fingerprint density at radius 3 is 3.12 bits per heavy atom. The molecule has 0 aliphatic carbocycles. The third kappa shape index (κ3) is 2.91. The summed E-state index contributed by atoms with van der Waals surface area (Å²) in [4.78, 5) is 11.1. The van der Waals surface area contributed by atoms with Gasteiger partial charge in [0.15, 0.2) is 6.29 Å². The lowest BCUT2D eigenvalue weighted by Crippen LogP contribution is -2.47. The van der Waals surface area contributed by atoms with Gasteiger partial charge in [-0.3, -0.25) is 10.3 Å². The van der Waals surface area contributed by atoms with Crippen LogP contribution in [0.15, 0.2) is 29.8 Å². The van der Waals surface area contributed by atoms with Crippen LogP contribution in [-0.2, 0) is 6.42 Å². The lowest BCUT2D eigenvalue weighted by Gasteiger charge is -2.22. The molecule has 0 radical (unpaired) electrons. The molecule has 16 heavy (non-hydrogen) atoms. The first-order valence-electron chi connectivity index (χ1n) is 5.17. The van der Waals surface area contributed by atoms with Crippen LogP contribution in [-0.4, -0.2) is 40.2 Å². The number of nitrogens with zero attached hydrogens (tertiary/aromatic N) is 2. The number of imidazole rings is 1. The number of aromatic nitrogens is 2. The standard InChI is InChI=1S/C10H15N5O/c16-6-9(4-8-5-11-7-14-8)15-10-12-2-1-3-13-10/h1-3,5,7,9-10,12,15-16H,4,6H2,(H,11,14)/t9-,10?/m0/s1. The maximum Gasteiger partial charge on any atom is 0.173 e. The number of aliphatic imine (C=N–C) groups is 1. The van der Waals surface area contributed by atoms with Crippen LogP contribution in [0.4, 0.5) is 0 Å². The number of H-pyrrole nitrogens is 1. The van der Waals surface area contributed by atoms with Crippen molar-refractivity contribution in [3.8, 4) is 0 Å². The molecule has 1 unspecified atom stereocenters. The molecule has 0 saturated carbocycles. The predicted octanol–water partition coefficient (Wildman–Crippen LogP) is -0.626. The summed E-state index contributed by atoms with van der Waals surface area (Å²) in [6.07, 6.45) is 9.25. The molecule has 86 valence electrons. The van der Waals surface area contributed by atoms with E-state index >= 15 is 0 Å². The zero-order valence-corrected chi connectivity index (χ0v) is 8.80. The zero-order valence-electron chi connectivity index (χ0n) is 8.80. The highest BCUT2D eigenvalue weighted by atomic mass is 16.3. The second-order valence-electron chi connectivity index (χ2n) is 3.55. The number of aliphatic hydroxyl groups excluding tert-OH is 1. The number of rotatable bonds is 5. The van der Waals surface area contributed by atoms with E-state index in [4.69, 9.17) is 0 Å². The smallest absolute Gasteiger partial charge is 0.173 e. The number of hydrogen-bond acceptors (Lipinski definition) is 5. The maximum atomic E-state index is 9.26. The summed E-state index contributed by atoms with van der Waals surface area (Å²) in [7, 11) is 0. The molecule has 0 aromatic carbocycles. The highest BCUT2D eigenvalue weighted by molar-refractivity contribution is 5.71. The summed E-state index contributed by atoms with van der Waals surface area (Å²) in [5, 5.41) is 15.5. The van der Waals surface area contributed by atoms with Crippen LogP contribution >= 0.6 is 0 Å². The van der Waals surface area contributed by atoms with E-state index in [2.05, 4.69) is 25.6 Å². The number of aromatic amines is 1. The Hall–Kier alpha value is -1.66. The Morgan fingerprint density at radius 2 is 2.50 bits per heavy atom. The van der Waals surface area contributed by atoms with Crippen LogP contribution in [0.1, 0.15) is 5.69 Å². The summed E-state index contributed by atoms with van der Waals surface area (Å²) in [5.41, 5.74) is 0.988. The zero-order chi connectivity index (χ0) is 11.2. The van der Waals surface area contributed by atoms with Gasteiger partial charge in [-0.2, -0.15) is 0 Å². The molecule has 0 bridgehead atoms. The summed E-state index contributed by atoms with van der Waals surface area (Å²) < 4.78 is 0. The fourth-order valence-corrected chi connectivity index (χ4v) is 1.52. The van der Waals surface area contributed by atoms with Crippen molar-refractivity contribution in [3.05, 3.63) is 30.5 Å². The molecule has 6 heteroatoms. The first-order valence-corrected chi connectivity index (χ1v) is 5.17. The highest BCUT2D eigenvalue weighted by Gasteiger charge is 2.14. The average Bonchev–Trinajstić information content (AvgIpc) is 2.82. The molecule has 1 aliphatic rings. The summed E-state index contributed by atoms with van der Waals surface area (Å²) in [5.74, 6) is 0. The number of nitrogens with one attached hydrogen (secondary N) is 3. The molecule has 6 nitrogen and oxygen atoms in total. The van der Waals surface area contributed by atoms with Gasteiger partial charge in [0.05, 0.1) is 12.9 Å². The van der Waals surface area contributed by atoms with Crippen molar-refractivity contribution in [2.75, 3.05) is 6.61 Å². The maximum absolute atomic E-state index is 9.26. The van der Waals surface area contributed by atoms with E-state index in [9.17, 15) is 5.11 Å². The molecule has 0 spiro atoms. The van der Waals surface area contributed by atoms with Gasteiger partial charge in [0, 0.05) is 36.8 Å². The summed E-state index contributed by atoms with van der Waals surface area (Å²) in [6.45, 7) is 0.0520. The average molecular weight is 221 g/mol. The van der Waals surface area contributed by atoms with Crippen molar-refractivity contribution in [3.63, 3.8) is 0 Å². The normalized spacial score (nSPS) is 20.7. The minimum absolute atomic E-state index is 0.0520. The lowest BCUT2D eigenvalue weighted by molar-refractivity contribution is 0.226. The van der Waals surface area contributed by atoms with Crippen LogP contribution in [0.25, 0.3) is 0 Å². The molecule has 4 N–H and O–H groups in total. The first kappa shape index (κ1) is 10.8. The van der Waals surface area contributed by atoms with Gasteiger partial charge in [0.2, 0.25) is 0 Å². The third-order valence-corrected chi connectivity index (χ3v) is 2.31. The second-order valence-corrected chi connectivity index (χ2v) is 3.55. The van der Waals surface area contributed by atoms with Crippen molar-refractivity contribution in [1.29, 1.82) is 0 Å². The van der Waals surface area contributed by atoms with Gasteiger partial charge in [-0.15, -0.1) is 0 Å². The number of hydrogen-bond donors (Lipinski definition) is 4. The van der Waals surface area contributed by atoms with E-state index < -0.39 is 0 Å². The molecule has 0 fully saturated rings. The second kappa shape index (κ2) is 5.43. The lowest BCUT2D eigenvalue weighted by atomic mass is 10.2. The Labute approximate surface area is 93.5 Å². The van der Waals surface area contributed by atoms with Crippen LogP contribution < -0.4 is 10.6 Å². The minimum atomic E-state index is -0.176. The van der Waals surface area contributed by atoms with E-state index in [0.717, 1.165) is 5.69 Å². The Kier molecular flexibility index (Phi) is 3.68. The van der Waals surface area contributed by atoms with E-state index in [1.807, 2.05) is 12.3 Å². The molecule has 1 aliphatic heterocycles. The Morgan fingerprint density at radius 1 is 1.56 bits per heavy atom. The molecule has 1 aromatic heterocycles. The van der Waals surface area contributed by atoms with Crippen LogP contribution in [0, 0.1) is 0 Å². The van der Waals surface area contributed by atoms with Gasteiger partial charge in [-0.1, -0.05) is 0 Å². The molecular formula is C10H15N5O. The van der Waals surface area contributed by atoms with Crippen LogP contribution in [0.2, 0.25) is 0 Å². The van der Waals surface area contributed by atoms with Crippen molar-refractivity contribution in [2.45, 2.75) is 18.8 Å². The minimum Gasteiger partial charge on any atom is -0.395 e. The van der Waals surface area contributed by atoms with E-state index in [0.29, 0.717) is 6.42 Å². The van der Waals surface area contributed by atoms with Gasteiger partial charge in [-0.05, 0) is 6.08 Å². The molecule has 2 rings (SSSR count). The summed E-state index contributed by atoms with van der Waals surface area (Å²) >= 11 is 0. The Balaban J connectivity index is 1.85. The first-order chi connectivity index (χ1) is 7.88. The number of aliphatic hydroxyl groups is 1. The third-order valence-electron chi connectivity index (χ3n) is 2.31. The van der Waals surface area contributed by atoms with Crippen LogP contribution in [0.5, 0.6) is 0 Å². The van der Waals surface area contributed by atoms with Gasteiger partial charge >= 0.3 is 0 Å². The highest BCUT2D eigenvalue weighted by Crippen LogP contribution is 1.99. The molecule has 2 heterocycles. The topological polar surface area (TPSA) is 85.3 Å². The molecule has 1 aromatic rings. The quantitative estimate of drug-likeness (QED) is 0.533. The molecule has 0 saturated heterocycles. The van der Waals surface area contributed by atoms with Crippen molar-refractivity contribution in [1.82, 2.24) is 20.6 Å².